The second-order valence-corrected chi connectivity index (χ2v) is 10.1. The molecule has 0 aromatic carbocycles. The summed E-state index contributed by atoms with van der Waals surface area (Å²) in [5.41, 5.74) is -2.63. The van der Waals surface area contributed by atoms with E-state index in [0.717, 1.165) is 11.8 Å². The van der Waals surface area contributed by atoms with Gasteiger partial charge in [-0.05, 0) is 0 Å². The summed E-state index contributed by atoms with van der Waals surface area (Å²) in [4.78, 5) is 0.925. The van der Waals surface area contributed by atoms with Crippen LogP contribution in [-0.2, 0) is 38.5 Å². The number of ether oxygens (including phenoxy) is 2. The van der Waals surface area contributed by atoms with Gasteiger partial charge in [-0.1, -0.05) is 25.7 Å². The zero-order valence-electron chi connectivity index (χ0n) is 16.6. The van der Waals surface area contributed by atoms with Crippen molar-refractivity contribution < 1.29 is 66.4 Å². The average Bonchev–Trinajstić information content (AvgIpc) is 2.57. The molecule has 0 fully saturated rings. The van der Waals surface area contributed by atoms with Gasteiger partial charge >= 0.3 is 32.8 Å². The van der Waals surface area contributed by atoms with E-state index in [1.165, 1.54) is 13.8 Å². The van der Waals surface area contributed by atoms with Crippen molar-refractivity contribution in [3.63, 3.8) is 0 Å². The van der Waals surface area contributed by atoms with E-state index < -0.39 is 76.7 Å². The maximum atomic E-state index is 13.0. The molecule has 0 radical (unpaired) electrons. The second kappa shape index (κ2) is 10.9. The lowest BCUT2D eigenvalue weighted by Crippen LogP contribution is -2.43. The molecule has 0 aromatic rings. The zero-order valence-corrected chi connectivity index (χ0v) is 18.2. The van der Waals surface area contributed by atoms with Crippen molar-refractivity contribution in [2.75, 3.05) is 39.6 Å². The lowest BCUT2D eigenvalue weighted by molar-refractivity contribution is -0.298. The van der Waals surface area contributed by atoms with Gasteiger partial charge in [0.15, 0.2) is 0 Å². The third-order valence-electron chi connectivity index (χ3n) is 3.36. The van der Waals surface area contributed by atoms with Gasteiger partial charge in [0.05, 0.1) is 33.0 Å². The summed E-state index contributed by atoms with van der Waals surface area (Å²) >= 11 is 0. The Bertz CT molecular complexity index is 772. The van der Waals surface area contributed by atoms with Crippen LogP contribution in [0.25, 0.3) is 0 Å². The van der Waals surface area contributed by atoms with Crippen LogP contribution < -0.4 is 4.89 Å². The summed E-state index contributed by atoms with van der Waals surface area (Å²) in [6.45, 7) is -1.02. The summed E-state index contributed by atoms with van der Waals surface area (Å²) in [6.07, 6.45) is -5.86. The molecule has 0 aliphatic rings. The zero-order chi connectivity index (χ0) is 24.8. The molecular formula is C13H24F5NO10S2. The van der Waals surface area contributed by atoms with E-state index in [4.69, 9.17) is 14.5 Å². The fourth-order valence-corrected chi connectivity index (χ4v) is 2.69. The van der Waals surface area contributed by atoms with Crippen LogP contribution in [0.1, 0.15) is 20.8 Å². The molecule has 0 amide bonds. The molecule has 1 unspecified atom stereocenters. The number of hydrogen-bond acceptors (Lipinski definition) is 9. The van der Waals surface area contributed by atoms with E-state index in [1.807, 2.05) is 0 Å². The number of halogens is 5. The first kappa shape index (κ1) is 30.3. The quantitative estimate of drug-likeness (QED) is 0.166. The third kappa shape index (κ3) is 12.8. The normalized spacial score (nSPS) is 16.3. The van der Waals surface area contributed by atoms with E-state index in [9.17, 15) is 38.8 Å². The summed E-state index contributed by atoms with van der Waals surface area (Å²) in [5.74, 6) is -5.16. The number of nitrogens with one attached hydrogen (secondary N) is 1. The van der Waals surface area contributed by atoms with Gasteiger partial charge in [0.25, 0.3) is 0 Å². The fourth-order valence-electron chi connectivity index (χ4n) is 1.73. The Labute approximate surface area is 176 Å². The summed E-state index contributed by atoms with van der Waals surface area (Å²) < 4.78 is 133. The Morgan fingerprint density at radius 1 is 0.774 bits per heavy atom. The average molecular weight is 513 g/mol. The minimum Gasteiger partial charge on any atom is -0.380 e. The second-order valence-electron chi connectivity index (χ2n) is 7.66. The van der Waals surface area contributed by atoms with Crippen LogP contribution in [0.4, 0.5) is 22.0 Å². The lowest BCUT2D eigenvalue weighted by atomic mass is 9.93. The van der Waals surface area contributed by atoms with Gasteiger partial charge < -0.3 is 14.7 Å². The maximum absolute atomic E-state index is 13.0. The molecule has 0 bridgehead atoms. The molecule has 0 saturated heterocycles. The number of rotatable bonds is 15. The molecule has 0 heterocycles. The summed E-state index contributed by atoms with van der Waals surface area (Å²) in [7, 11) is -9.39. The van der Waals surface area contributed by atoms with E-state index in [0.29, 0.717) is 0 Å². The molecule has 18 heteroatoms. The predicted octanol–water partition coefficient (Wildman–Crippen LogP) is 1.31. The molecule has 0 rings (SSSR count). The minimum atomic E-state index is -5.86. The summed E-state index contributed by atoms with van der Waals surface area (Å²) in [5, 5.41) is 8.37. The van der Waals surface area contributed by atoms with Gasteiger partial charge in [0.2, 0.25) is 0 Å². The van der Waals surface area contributed by atoms with Gasteiger partial charge in [0.1, 0.15) is 6.61 Å². The largest absolute Gasteiger partial charge is 0.455 e. The van der Waals surface area contributed by atoms with Crippen molar-refractivity contribution in [1.29, 1.82) is 0 Å². The molecule has 0 saturated carbocycles. The summed E-state index contributed by atoms with van der Waals surface area (Å²) in [6, 6.07) is 0. The standard InChI is InChI=1S/C13H24F5NO10S2/c1-10(2,5-28-30(21,22)19-20)4-26-6-11(3,8-29-31(23,24)25)7-27-9-12(14,15)13(16,17)18/h19-20H,4-9H2,1-3H3,(H,23,24,25). The first-order chi connectivity index (χ1) is 13.6. The van der Waals surface area contributed by atoms with Crippen LogP contribution in [0.15, 0.2) is 0 Å². The predicted molar refractivity (Wildman–Crippen MR) is 91.8 cm³/mol. The van der Waals surface area contributed by atoms with E-state index in [-0.39, 0.29) is 6.61 Å². The third-order valence-corrected chi connectivity index (χ3v) is 4.43. The number of hydrogen-bond donors (Lipinski definition) is 3. The van der Waals surface area contributed by atoms with E-state index in [2.05, 4.69) is 13.1 Å². The maximum Gasteiger partial charge on any atom is 0.455 e. The Kier molecular flexibility index (Phi) is 10.7. The van der Waals surface area contributed by atoms with Gasteiger partial charge in [-0.3, -0.25) is 8.74 Å². The molecule has 3 N–H and O–H groups in total. The van der Waals surface area contributed by atoms with Gasteiger partial charge in [-0.15, -0.1) is 0 Å². The van der Waals surface area contributed by atoms with Crippen molar-refractivity contribution in [3.05, 3.63) is 0 Å². The molecular weight excluding hydrogens is 489 g/mol. The highest BCUT2D eigenvalue weighted by Crippen LogP contribution is 2.36. The highest BCUT2D eigenvalue weighted by atomic mass is 32.3. The van der Waals surface area contributed by atoms with Gasteiger partial charge in [-0.25, -0.2) is 4.18 Å². The van der Waals surface area contributed by atoms with Gasteiger partial charge in [-0.2, -0.15) is 38.8 Å². The van der Waals surface area contributed by atoms with Crippen LogP contribution in [0.5, 0.6) is 0 Å². The Hall–Kier alpha value is -0.730. The highest BCUT2D eigenvalue weighted by Gasteiger charge is 2.57. The Balaban J connectivity index is 5.00. The molecule has 1 atom stereocenters. The monoisotopic (exact) mass is 513 g/mol. The van der Waals surface area contributed by atoms with E-state index >= 15 is 0 Å². The molecule has 31 heavy (non-hydrogen) atoms. The smallest absolute Gasteiger partial charge is 0.380 e. The lowest BCUT2D eigenvalue weighted by Gasteiger charge is -2.31. The van der Waals surface area contributed by atoms with Crippen LogP contribution >= 0.6 is 0 Å². The van der Waals surface area contributed by atoms with Crippen LogP contribution in [-0.4, -0.2) is 78.3 Å². The van der Waals surface area contributed by atoms with Crippen molar-refractivity contribution in [1.82, 2.24) is 4.89 Å². The van der Waals surface area contributed by atoms with Crippen LogP contribution in [0.2, 0.25) is 0 Å². The number of alkyl halides is 5. The van der Waals surface area contributed by atoms with Gasteiger partial charge in [0, 0.05) is 10.8 Å². The molecule has 0 aromatic heterocycles. The Morgan fingerprint density at radius 3 is 1.68 bits per heavy atom. The minimum absolute atomic E-state index is 0.270. The van der Waals surface area contributed by atoms with E-state index in [1.54, 1.807) is 0 Å². The fraction of sp³-hybridized carbons (Fsp3) is 1.00. The van der Waals surface area contributed by atoms with Crippen molar-refractivity contribution in [2.24, 2.45) is 10.8 Å². The Morgan fingerprint density at radius 2 is 1.26 bits per heavy atom. The molecule has 0 aliphatic heterocycles. The van der Waals surface area contributed by atoms with Crippen LogP contribution in [0.3, 0.4) is 0 Å². The first-order valence-electron chi connectivity index (χ1n) is 8.16. The van der Waals surface area contributed by atoms with Crippen LogP contribution in [0, 0.1) is 10.8 Å². The molecule has 188 valence electrons. The molecule has 0 spiro atoms. The highest BCUT2D eigenvalue weighted by molar-refractivity contribution is 7.84. The first-order valence-corrected chi connectivity index (χ1v) is 10.9. The molecule has 0 aliphatic carbocycles. The van der Waals surface area contributed by atoms with Crippen molar-refractivity contribution >= 4 is 20.7 Å². The SMILES string of the molecule is CC(C)(COCC(C)(COCC(F)(F)C(F)(F)F)COS(=O)(=O)O)COS(=O)(=O)NO. The topological polar surface area (TPSA) is 158 Å². The molecule has 11 nitrogen and oxygen atoms in total. The van der Waals surface area contributed by atoms with Crippen molar-refractivity contribution in [2.45, 2.75) is 32.9 Å². The van der Waals surface area contributed by atoms with Crippen molar-refractivity contribution in [3.8, 4) is 0 Å².